The zero-order valence-electron chi connectivity index (χ0n) is 28.2. The van der Waals surface area contributed by atoms with Gasteiger partial charge in [0.05, 0.1) is 49.2 Å². The van der Waals surface area contributed by atoms with Crippen LogP contribution in [0.5, 0.6) is 0 Å². The summed E-state index contributed by atoms with van der Waals surface area (Å²) in [7, 11) is 3.17. The van der Waals surface area contributed by atoms with Gasteiger partial charge in [-0.15, -0.1) is 11.3 Å². The van der Waals surface area contributed by atoms with E-state index in [1.807, 2.05) is 54.5 Å². The molecule has 1 aromatic carbocycles. The number of nitrogens with one attached hydrogen (secondary N) is 1. The molecular formula is C35H53N5O5S. The number of methoxy groups -OCH3 is 2. The summed E-state index contributed by atoms with van der Waals surface area (Å²) >= 11 is 1.51. The zero-order valence-corrected chi connectivity index (χ0v) is 29.0. The van der Waals surface area contributed by atoms with Crippen LogP contribution in [0.1, 0.15) is 75.9 Å². The number of likely N-dealkylation sites (tertiary alicyclic amines) is 1. The SMILES string of the molecule is C=C(CC)[C@@H]([C@@H](CC(=O)N1CCCC1[C@H](OC)[C@@H](C)C(=O)N[C@@H](Cc1ccccc1)c1nccs1)OC)N(CCCC)C(=O)CN. The molecule has 3 rings (SSSR count). The molecule has 2 heterocycles. The molecule has 1 aromatic heterocycles. The Labute approximate surface area is 278 Å². The second kappa shape index (κ2) is 18.9. The molecule has 1 aliphatic heterocycles. The Morgan fingerprint density at radius 3 is 2.52 bits per heavy atom. The molecule has 3 amide bonds. The standard InChI is InChI=1S/C35H53N5O5S/c1-7-9-18-40(31(42)23-36)32(24(3)8-2)29(44-5)22-30(41)39-19-13-16-28(39)33(45-6)25(4)34(43)38-27(35-37-17-20-46-35)21-26-14-11-10-12-15-26/h10-12,14-15,17,20,25,27-29,32-33H,3,7-9,13,16,18-19,21-23,36H2,1-2,4-6H3,(H,38,43)/t25-,27+,28?,29-,32+,33-/m1/s1. The number of rotatable bonds is 19. The van der Waals surface area contributed by atoms with Crippen LogP contribution >= 0.6 is 11.3 Å². The third-order valence-corrected chi connectivity index (χ3v) is 9.90. The summed E-state index contributed by atoms with van der Waals surface area (Å²) in [6, 6.07) is 8.98. The minimum atomic E-state index is -0.590. The quantitative estimate of drug-likeness (QED) is 0.213. The van der Waals surface area contributed by atoms with E-state index in [9.17, 15) is 14.4 Å². The van der Waals surface area contributed by atoms with Gasteiger partial charge in [-0.3, -0.25) is 14.4 Å². The summed E-state index contributed by atoms with van der Waals surface area (Å²) in [6.07, 6.45) is 5.20. The number of unbranched alkanes of at least 4 members (excludes halogenated alkanes) is 1. The minimum Gasteiger partial charge on any atom is -0.378 e. The maximum absolute atomic E-state index is 14.0. The van der Waals surface area contributed by atoms with Gasteiger partial charge >= 0.3 is 0 Å². The van der Waals surface area contributed by atoms with Crippen LogP contribution in [0.15, 0.2) is 54.1 Å². The number of ether oxygens (including phenoxy) is 2. The lowest BCUT2D eigenvalue weighted by atomic mass is 9.93. The first kappa shape index (κ1) is 37.3. The number of carbonyl (C=O) groups is 3. The average molecular weight is 656 g/mol. The molecule has 46 heavy (non-hydrogen) atoms. The third-order valence-electron chi connectivity index (χ3n) is 9.01. The van der Waals surface area contributed by atoms with Crippen LogP contribution in [0, 0.1) is 5.92 Å². The summed E-state index contributed by atoms with van der Waals surface area (Å²) in [6.45, 7) is 11.1. The van der Waals surface area contributed by atoms with Gasteiger partial charge in [0.1, 0.15) is 5.01 Å². The normalized spacial score (nSPS) is 18.0. The van der Waals surface area contributed by atoms with Crippen molar-refractivity contribution in [3.05, 3.63) is 64.6 Å². The number of thiazole rings is 1. The van der Waals surface area contributed by atoms with Crippen molar-refractivity contribution in [3.63, 3.8) is 0 Å². The summed E-state index contributed by atoms with van der Waals surface area (Å²) in [5, 5.41) is 5.97. The average Bonchev–Trinajstić information content (AvgIpc) is 3.79. The van der Waals surface area contributed by atoms with Gasteiger partial charge in [0.15, 0.2) is 0 Å². The number of nitrogens with two attached hydrogens (primary N) is 1. The van der Waals surface area contributed by atoms with E-state index in [0.717, 1.165) is 41.8 Å². The van der Waals surface area contributed by atoms with Crippen LogP contribution in [0.4, 0.5) is 0 Å². The molecule has 10 nitrogen and oxygen atoms in total. The number of hydrogen-bond acceptors (Lipinski definition) is 8. The molecule has 254 valence electrons. The number of aromatic nitrogens is 1. The number of amides is 3. The Bertz CT molecular complexity index is 1240. The summed E-state index contributed by atoms with van der Waals surface area (Å²) in [5.74, 6) is -0.968. The van der Waals surface area contributed by atoms with Crippen molar-refractivity contribution in [2.24, 2.45) is 11.7 Å². The van der Waals surface area contributed by atoms with E-state index in [1.54, 1.807) is 25.3 Å². The molecule has 6 atom stereocenters. The van der Waals surface area contributed by atoms with Gasteiger partial charge in [-0.1, -0.05) is 69.7 Å². The summed E-state index contributed by atoms with van der Waals surface area (Å²) in [4.78, 5) is 48.8. The Morgan fingerprint density at radius 2 is 1.93 bits per heavy atom. The minimum absolute atomic E-state index is 0.0668. The molecule has 1 fully saturated rings. The van der Waals surface area contributed by atoms with E-state index in [0.29, 0.717) is 25.9 Å². The Hall–Kier alpha value is -3.12. The van der Waals surface area contributed by atoms with Crippen LogP contribution in [0.25, 0.3) is 0 Å². The first-order valence-electron chi connectivity index (χ1n) is 16.5. The Morgan fingerprint density at radius 1 is 1.20 bits per heavy atom. The lowest BCUT2D eigenvalue weighted by Gasteiger charge is -2.39. The van der Waals surface area contributed by atoms with E-state index in [4.69, 9.17) is 15.2 Å². The number of carbonyl (C=O) groups excluding carboxylic acids is 3. The van der Waals surface area contributed by atoms with Gasteiger partial charge in [0.25, 0.3) is 0 Å². The Balaban J connectivity index is 1.77. The molecule has 0 aliphatic carbocycles. The van der Waals surface area contributed by atoms with Crippen molar-refractivity contribution in [1.82, 2.24) is 20.1 Å². The molecule has 0 bridgehead atoms. The lowest BCUT2D eigenvalue weighted by molar-refractivity contribution is -0.144. The van der Waals surface area contributed by atoms with Crippen LogP contribution in [0.2, 0.25) is 0 Å². The molecular weight excluding hydrogens is 602 g/mol. The van der Waals surface area contributed by atoms with Gasteiger partial charge in [0.2, 0.25) is 17.7 Å². The lowest BCUT2D eigenvalue weighted by Crippen LogP contribution is -2.54. The molecule has 11 heteroatoms. The highest BCUT2D eigenvalue weighted by molar-refractivity contribution is 7.09. The fourth-order valence-electron chi connectivity index (χ4n) is 6.42. The van der Waals surface area contributed by atoms with E-state index < -0.39 is 24.2 Å². The zero-order chi connectivity index (χ0) is 33.6. The van der Waals surface area contributed by atoms with E-state index >= 15 is 0 Å². The first-order chi connectivity index (χ1) is 22.2. The van der Waals surface area contributed by atoms with Crippen LogP contribution in [-0.2, 0) is 30.3 Å². The summed E-state index contributed by atoms with van der Waals surface area (Å²) in [5.41, 5.74) is 7.72. The van der Waals surface area contributed by atoms with Gasteiger partial charge < -0.3 is 30.3 Å². The monoisotopic (exact) mass is 655 g/mol. The highest BCUT2D eigenvalue weighted by atomic mass is 32.1. The van der Waals surface area contributed by atoms with Crippen molar-refractivity contribution in [3.8, 4) is 0 Å². The highest BCUT2D eigenvalue weighted by Gasteiger charge is 2.42. The fourth-order valence-corrected chi connectivity index (χ4v) is 7.11. The van der Waals surface area contributed by atoms with Crippen LogP contribution in [0.3, 0.4) is 0 Å². The van der Waals surface area contributed by atoms with Gasteiger partial charge in [-0.05, 0) is 37.7 Å². The maximum atomic E-state index is 14.0. The number of nitrogens with zero attached hydrogens (tertiary/aromatic N) is 3. The molecule has 1 aliphatic rings. The van der Waals surface area contributed by atoms with Gasteiger partial charge in [-0.2, -0.15) is 0 Å². The second-order valence-corrected chi connectivity index (χ2v) is 12.9. The molecule has 1 unspecified atom stereocenters. The molecule has 1 saturated heterocycles. The molecule has 2 aromatic rings. The van der Waals surface area contributed by atoms with Crippen molar-refractivity contribution in [2.45, 2.75) is 96.1 Å². The van der Waals surface area contributed by atoms with Crippen molar-refractivity contribution in [1.29, 1.82) is 0 Å². The second-order valence-electron chi connectivity index (χ2n) is 12.0. The van der Waals surface area contributed by atoms with Crippen LogP contribution in [-0.4, -0.2) is 90.7 Å². The summed E-state index contributed by atoms with van der Waals surface area (Å²) < 4.78 is 11.9. The highest BCUT2D eigenvalue weighted by Crippen LogP contribution is 2.30. The fraction of sp³-hybridized carbons (Fsp3) is 0.600. The molecule has 0 saturated carbocycles. The van der Waals surface area contributed by atoms with E-state index in [1.165, 1.54) is 11.3 Å². The van der Waals surface area contributed by atoms with Gasteiger partial charge in [0, 0.05) is 38.9 Å². The molecule has 3 N–H and O–H groups in total. The maximum Gasteiger partial charge on any atom is 0.236 e. The molecule has 0 radical (unpaired) electrons. The van der Waals surface area contributed by atoms with Gasteiger partial charge in [-0.25, -0.2) is 4.98 Å². The predicted molar refractivity (Wildman–Crippen MR) is 182 cm³/mol. The van der Waals surface area contributed by atoms with E-state index in [2.05, 4.69) is 23.8 Å². The predicted octanol–water partition coefficient (Wildman–Crippen LogP) is 4.51. The topological polar surface area (TPSA) is 127 Å². The van der Waals surface area contributed by atoms with Crippen molar-refractivity contribution in [2.75, 3.05) is 33.9 Å². The number of hydrogen-bond donors (Lipinski definition) is 2. The first-order valence-corrected chi connectivity index (χ1v) is 17.3. The van der Waals surface area contributed by atoms with E-state index in [-0.39, 0.29) is 42.8 Å². The third kappa shape index (κ3) is 9.70. The van der Waals surface area contributed by atoms with Crippen molar-refractivity contribution < 1.29 is 23.9 Å². The largest absolute Gasteiger partial charge is 0.378 e. The Kier molecular flexibility index (Phi) is 15.3. The smallest absolute Gasteiger partial charge is 0.236 e. The number of benzene rings is 1. The molecule has 0 spiro atoms. The van der Waals surface area contributed by atoms with Crippen LogP contribution < -0.4 is 11.1 Å². The van der Waals surface area contributed by atoms with Crippen molar-refractivity contribution >= 4 is 29.1 Å².